The topological polar surface area (TPSA) is 144 Å². The Morgan fingerprint density at radius 2 is 1.76 bits per heavy atom. The van der Waals surface area contributed by atoms with Crippen molar-refractivity contribution in [3.63, 3.8) is 0 Å². The van der Waals surface area contributed by atoms with Crippen LogP contribution in [0.25, 0.3) is 5.69 Å². The zero-order valence-electron chi connectivity index (χ0n) is 22.5. The van der Waals surface area contributed by atoms with E-state index in [-0.39, 0.29) is 10.6 Å². The molecule has 2 heterocycles. The molecule has 4 aromatic rings. The number of benzene rings is 3. The molecule has 1 aliphatic heterocycles. The molecule has 12 nitrogen and oxygen atoms in total. The van der Waals surface area contributed by atoms with Crippen molar-refractivity contribution in [3.8, 4) is 11.4 Å². The number of ether oxygens (including phenoxy) is 1. The van der Waals surface area contributed by atoms with E-state index in [2.05, 4.69) is 20.1 Å². The molecule has 1 fully saturated rings. The Balaban J connectivity index is 1.41. The number of anilines is 3. The van der Waals surface area contributed by atoms with Gasteiger partial charge in [0.1, 0.15) is 17.3 Å². The summed E-state index contributed by atoms with van der Waals surface area (Å²) in [5.41, 5.74) is 5.08. The molecule has 41 heavy (non-hydrogen) atoms. The highest BCUT2D eigenvalue weighted by molar-refractivity contribution is 7.92. The first-order valence-corrected chi connectivity index (χ1v) is 14.4. The number of sulfonamides is 1. The molecule has 2 N–H and O–H groups in total. The highest BCUT2D eigenvalue weighted by Gasteiger charge is 2.24. The number of aryl methyl sites for hydroxylation is 1. The lowest BCUT2D eigenvalue weighted by molar-refractivity contribution is -0.384. The van der Waals surface area contributed by atoms with Crippen LogP contribution in [0.5, 0.6) is 5.75 Å². The summed E-state index contributed by atoms with van der Waals surface area (Å²) >= 11 is 0. The average molecular weight is 576 g/mol. The van der Waals surface area contributed by atoms with E-state index in [4.69, 9.17) is 9.84 Å². The van der Waals surface area contributed by atoms with E-state index < -0.39 is 20.6 Å². The highest BCUT2D eigenvalue weighted by Crippen LogP contribution is 2.31. The van der Waals surface area contributed by atoms with Gasteiger partial charge in [0.15, 0.2) is 0 Å². The molecule has 0 bridgehead atoms. The standard InChI is InChI=1S/C28H29N7O5S/c1-20-25(28(33-16-6-7-17-33)34(31-20)22-8-4-3-5-9-22)19-29-30-26-15-14-24(18-27(26)35(36)37)41(38,39)32-21-10-12-23(40-2)13-11-21/h3-5,8-15,18-19,30,32H,6-7,16-17H2,1-2H3. The molecule has 0 amide bonds. The lowest BCUT2D eigenvalue weighted by atomic mass is 10.2. The highest BCUT2D eigenvalue weighted by atomic mass is 32.2. The third-order valence-corrected chi connectivity index (χ3v) is 8.06. The van der Waals surface area contributed by atoms with Crippen molar-refractivity contribution in [2.24, 2.45) is 5.10 Å². The minimum Gasteiger partial charge on any atom is -0.497 e. The Morgan fingerprint density at radius 3 is 2.41 bits per heavy atom. The fourth-order valence-corrected chi connectivity index (χ4v) is 5.70. The molecular weight excluding hydrogens is 546 g/mol. The minimum absolute atomic E-state index is 0.0467. The van der Waals surface area contributed by atoms with Gasteiger partial charge in [0.25, 0.3) is 15.7 Å². The number of nitrogens with zero attached hydrogens (tertiary/aromatic N) is 5. The summed E-state index contributed by atoms with van der Waals surface area (Å²) in [4.78, 5) is 13.2. The third-order valence-electron chi connectivity index (χ3n) is 6.68. The number of hydrogen-bond donors (Lipinski definition) is 2. The molecule has 0 radical (unpaired) electrons. The Labute approximate surface area is 237 Å². The van der Waals surface area contributed by atoms with Crippen molar-refractivity contribution in [3.05, 3.63) is 94.2 Å². The molecule has 0 atom stereocenters. The van der Waals surface area contributed by atoms with Gasteiger partial charge in [-0.15, -0.1) is 0 Å². The molecule has 1 aliphatic rings. The maximum absolute atomic E-state index is 12.9. The first-order valence-electron chi connectivity index (χ1n) is 12.9. The summed E-state index contributed by atoms with van der Waals surface area (Å²) in [6, 6.07) is 19.7. The molecule has 0 saturated carbocycles. The molecule has 0 aliphatic carbocycles. The Morgan fingerprint density at radius 1 is 1.05 bits per heavy atom. The van der Waals surface area contributed by atoms with Crippen LogP contribution in [0.4, 0.5) is 22.9 Å². The molecule has 3 aromatic carbocycles. The molecule has 13 heteroatoms. The van der Waals surface area contributed by atoms with Gasteiger partial charge in [-0.3, -0.25) is 20.3 Å². The van der Waals surface area contributed by atoms with Crippen LogP contribution in [-0.2, 0) is 10.0 Å². The SMILES string of the molecule is COc1ccc(NS(=O)(=O)c2ccc(NN=Cc3c(C)nn(-c4ccccc4)c3N3CCCC3)c([N+](=O)[O-])c2)cc1. The first-order chi connectivity index (χ1) is 19.8. The number of methoxy groups -OCH3 is 1. The summed E-state index contributed by atoms with van der Waals surface area (Å²) in [5.74, 6) is 1.46. The van der Waals surface area contributed by atoms with Gasteiger partial charge in [-0.1, -0.05) is 18.2 Å². The Kier molecular flexibility index (Phi) is 7.88. The summed E-state index contributed by atoms with van der Waals surface area (Å²) in [7, 11) is -2.59. The van der Waals surface area contributed by atoms with E-state index in [1.54, 1.807) is 18.3 Å². The smallest absolute Gasteiger partial charge is 0.295 e. The van der Waals surface area contributed by atoms with Crippen molar-refractivity contribution < 1.29 is 18.1 Å². The van der Waals surface area contributed by atoms with Crippen LogP contribution in [0, 0.1) is 17.0 Å². The second-order valence-corrected chi connectivity index (χ2v) is 11.1. The van der Waals surface area contributed by atoms with Crippen LogP contribution in [0.15, 0.2) is 82.8 Å². The molecule has 0 unspecified atom stereocenters. The Hall–Kier alpha value is -4.91. The van der Waals surface area contributed by atoms with Crippen molar-refractivity contribution >= 4 is 39.1 Å². The van der Waals surface area contributed by atoms with E-state index in [0.29, 0.717) is 11.4 Å². The molecule has 212 valence electrons. The fraction of sp³-hybridized carbons (Fsp3) is 0.214. The zero-order valence-corrected chi connectivity index (χ0v) is 23.3. The van der Waals surface area contributed by atoms with Crippen LogP contribution in [0.3, 0.4) is 0 Å². The lowest BCUT2D eigenvalue weighted by Crippen LogP contribution is -2.22. The van der Waals surface area contributed by atoms with Gasteiger partial charge in [0.05, 0.1) is 40.1 Å². The number of para-hydroxylation sites is 1. The normalized spacial score (nSPS) is 13.5. The second-order valence-electron chi connectivity index (χ2n) is 9.40. The Bertz CT molecular complexity index is 1680. The summed E-state index contributed by atoms with van der Waals surface area (Å²) < 4.78 is 35.3. The van der Waals surface area contributed by atoms with Crippen molar-refractivity contribution in [1.82, 2.24) is 9.78 Å². The van der Waals surface area contributed by atoms with Gasteiger partial charge in [-0.2, -0.15) is 10.2 Å². The zero-order chi connectivity index (χ0) is 29.0. The lowest BCUT2D eigenvalue weighted by Gasteiger charge is -2.20. The quantitative estimate of drug-likeness (QED) is 0.154. The van der Waals surface area contributed by atoms with E-state index in [1.165, 1.54) is 31.4 Å². The summed E-state index contributed by atoms with van der Waals surface area (Å²) in [6.07, 6.45) is 3.74. The summed E-state index contributed by atoms with van der Waals surface area (Å²) in [5, 5.41) is 20.9. The molecule has 1 aromatic heterocycles. The molecule has 1 saturated heterocycles. The maximum atomic E-state index is 12.9. The second kappa shape index (κ2) is 11.7. The average Bonchev–Trinajstić information content (AvgIpc) is 3.62. The third kappa shape index (κ3) is 5.99. The van der Waals surface area contributed by atoms with Crippen molar-refractivity contribution in [2.45, 2.75) is 24.7 Å². The van der Waals surface area contributed by atoms with Crippen LogP contribution in [-0.4, -0.2) is 49.5 Å². The van der Waals surface area contributed by atoms with Gasteiger partial charge in [0.2, 0.25) is 0 Å². The minimum atomic E-state index is -4.09. The van der Waals surface area contributed by atoms with Crippen LogP contribution in [0.1, 0.15) is 24.1 Å². The van der Waals surface area contributed by atoms with Gasteiger partial charge < -0.3 is 9.64 Å². The van der Waals surface area contributed by atoms with Crippen LogP contribution in [0.2, 0.25) is 0 Å². The fourth-order valence-electron chi connectivity index (χ4n) is 4.62. The van der Waals surface area contributed by atoms with Gasteiger partial charge >= 0.3 is 0 Å². The number of hydrogen-bond acceptors (Lipinski definition) is 9. The molecule has 5 rings (SSSR count). The van der Waals surface area contributed by atoms with E-state index in [1.807, 2.05) is 41.9 Å². The van der Waals surface area contributed by atoms with Crippen LogP contribution >= 0.6 is 0 Å². The van der Waals surface area contributed by atoms with E-state index >= 15 is 0 Å². The number of nitro benzene ring substituents is 1. The molecule has 0 spiro atoms. The predicted molar refractivity (Wildman–Crippen MR) is 158 cm³/mol. The van der Waals surface area contributed by atoms with Crippen molar-refractivity contribution in [1.29, 1.82) is 0 Å². The van der Waals surface area contributed by atoms with Gasteiger partial charge in [0, 0.05) is 24.8 Å². The number of hydrazone groups is 1. The largest absolute Gasteiger partial charge is 0.497 e. The summed E-state index contributed by atoms with van der Waals surface area (Å²) in [6.45, 7) is 3.66. The van der Waals surface area contributed by atoms with Gasteiger partial charge in [-0.05, 0) is 68.3 Å². The first kappa shape index (κ1) is 27.6. The monoisotopic (exact) mass is 575 g/mol. The number of rotatable bonds is 10. The van der Waals surface area contributed by atoms with Crippen molar-refractivity contribution in [2.75, 3.05) is 35.2 Å². The van der Waals surface area contributed by atoms with Gasteiger partial charge in [-0.25, -0.2) is 13.1 Å². The molecular formula is C28H29N7O5S. The number of nitro groups is 1. The van der Waals surface area contributed by atoms with E-state index in [0.717, 1.165) is 54.8 Å². The number of nitrogens with one attached hydrogen (secondary N) is 2. The number of aromatic nitrogens is 2. The maximum Gasteiger partial charge on any atom is 0.295 e. The van der Waals surface area contributed by atoms with Crippen LogP contribution < -0.4 is 19.8 Å². The predicted octanol–water partition coefficient (Wildman–Crippen LogP) is 4.94. The van der Waals surface area contributed by atoms with E-state index in [9.17, 15) is 18.5 Å².